The number of hydrogen-bond acceptors (Lipinski definition) is 1. The minimum atomic E-state index is -0.986. The lowest BCUT2D eigenvalue weighted by Crippen LogP contribution is -2.06. The van der Waals surface area contributed by atoms with Crippen molar-refractivity contribution in [1.29, 1.82) is 0 Å². The first-order valence-electron chi connectivity index (χ1n) is 4.04. The topological polar surface area (TPSA) is 51.4 Å². The van der Waals surface area contributed by atoms with E-state index in [0.717, 1.165) is 5.52 Å². The first-order chi connectivity index (χ1) is 6.70. The number of carbonyl (C=O) groups is 1. The molecule has 1 aromatic heterocycles. The summed E-state index contributed by atoms with van der Waals surface area (Å²) >= 11 is 4.96. The van der Waals surface area contributed by atoms with E-state index in [2.05, 4.69) is 4.98 Å². The quantitative estimate of drug-likeness (QED) is 0.763. The number of aromatic carboxylic acids is 1. The van der Waals surface area contributed by atoms with E-state index < -0.39 is 5.97 Å². The molecule has 0 aliphatic carbocycles. The molecule has 70 valence electrons. The third kappa shape index (κ3) is 1.32. The molecule has 0 spiro atoms. The Morgan fingerprint density at radius 2 is 2.14 bits per heavy atom. The number of rotatable bonds is 1. The van der Waals surface area contributed by atoms with Crippen LogP contribution in [0.5, 0.6) is 0 Å². The fraction of sp³-hybridized carbons (Fsp3) is 0. The lowest BCUT2D eigenvalue weighted by molar-refractivity contribution is -0.344. The molecular formula is C10H8ClNO2+2. The Morgan fingerprint density at radius 1 is 1.36 bits per heavy atom. The van der Waals surface area contributed by atoms with E-state index in [-0.39, 0.29) is 5.56 Å². The number of fused-ring (bicyclic) bond motifs is 1. The minimum absolute atomic E-state index is 0.189. The summed E-state index contributed by atoms with van der Waals surface area (Å²) in [4.78, 5) is 13.9. The zero-order valence-electron chi connectivity index (χ0n) is 7.15. The van der Waals surface area contributed by atoms with Gasteiger partial charge in [-0.1, -0.05) is 0 Å². The van der Waals surface area contributed by atoms with Crippen LogP contribution < -0.4 is 4.98 Å². The minimum Gasteiger partial charge on any atom is -0.477 e. The number of aromatic amines is 1. The fourth-order valence-electron chi connectivity index (χ4n) is 1.40. The first kappa shape index (κ1) is 8.97. The van der Waals surface area contributed by atoms with Crippen molar-refractivity contribution in [3.8, 4) is 0 Å². The van der Waals surface area contributed by atoms with Crippen LogP contribution >= 0.6 is 0 Å². The number of halogens is 1. The van der Waals surface area contributed by atoms with Gasteiger partial charge in [-0.05, 0) is 6.07 Å². The maximum atomic E-state index is 11.0. The Kier molecular flexibility index (Phi) is 2.09. The van der Waals surface area contributed by atoms with Crippen LogP contribution in [0.2, 0.25) is 5.02 Å². The molecule has 1 aromatic carbocycles. The molecule has 2 rings (SSSR count). The summed E-state index contributed by atoms with van der Waals surface area (Å²) in [6.45, 7) is 0. The van der Waals surface area contributed by atoms with Crippen molar-refractivity contribution in [3.63, 3.8) is 0 Å². The summed E-state index contributed by atoms with van der Waals surface area (Å²) in [6.07, 6.45) is 1.75. The van der Waals surface area contributed by atoms with Gasteiger partial charge >= 0.3 is 5.97 Å². The van der Waals surface area contributed by atoms with E-state index in [1.54, 1.807) is 30.5 Å². The van der Waals surface area contributed by atoms with Crippen molar-refractivity contribution in [2.75, 3.05) is 0 Å². The maximum Gasteiger partial charge on any atom is 0.342 e. The second-order valence-corrected chi connectivity index (χ2v) is 3.32. The van der Waals surface area contributed by atoms with Crippen molar-refractivity contribution in [3.05, 3.63) is 41.0 Å². The molecule has 14 heavy (non-hydrogen) atoms. The van der Waals surface area contributed by atoms with Crippen LogP contribution in [0.25, 0.3) is 10.9 Å². The molecule has 0 fully saturated rings. The predicted octanol–water partition coefficient (Wildman–Crippen LogP) is 1.05. The van der Waals surface area contributed by atoms with Gasteiger partial charge < -0.3 is 5.11 Å². The lowest BCUT2D eigenvalue weighted by Gasteiger charge is -1.95. The average molecular weight is 210 g/mol. The first-order valence-corrected chi connectivity index (χ1v) is 4.44. The van der Waals surface area contributed by atoms with Crippen molar-refractivity contribution in [2.45, 2.75) is 0 Å². The normalized spacial score (nSPS) is 10.4. The SMILES string of the molecule is O=C(O)c1c([ClH+])ccc2[nH+]cccc12. The molecule has 0 atom stereocenters. The van der Waals surface area contributed by atoms with Gasteiger partial charge in [-0.25, -0.2) is 9.78 Å². The van der Waals surface area contributed by atoms with Crippen molar-refractivity contribution in [1.82, 2.24) is 0 Å². The molecule has 0 aliphatic rings. The van der Waals surface area contributed by atoms with Gasteiger partial charge in [0, 0.05) is 18.2 Å². The third-order valence-corrected chi connectivity index (χ3v) is 2.36. The van der Waals surface area contributed by atoms with Gasteiger partial charge in [0.05, 0.1) is 5.39 Å². The van der Waals surface area contributed by atoms with E-state index in [9.17, 15) is 4.79 Å². The molecule has 0 saturated carbocycles. The van der Waals surface area contributed by atoms with Crippen LogP contribution in [0.4, 0.5) is 0 Å². The van der Waals surface area contributed by atoms with Gasteiger partial charge in [0.15, 0.2) is 17.8 Å². The Hall–Kier alpha value is -1.61. The molecular weight excluding hydrogens is 202 g/mol. The van der Waals surface area contributed by atoms with Gasteiger partial charge in [0.2, 0.25) is 10.5 Å². The highest BCUT2D eigenvalue weighted by atomic mass is 35.5. The second kappa shape index (κ2) is 3.27. The Morgan fingerprint density at radius 3 is 2.86 bits per heavy atom. The Bertz CT molecular complexity index is 510. The second-order valence-electron chi connectivity index (χ2n) is 2.88. The number of carboxylic acids is 1. The van der Waals surface area contributed by atoms with Gasteiger partial charge in [0.25, 0.3) is 0 Å². The van der Waals surface area contributed by atoms with Crippen LogP contribution in [0.1, 0.15) is 10.4 Å². The van der Waals surface area contributed by atoms with Crippen LogP contribution in [-0.2, 0) is 0 Å². The van der Waals surface area contributed by atoms with Crippen LogP contribution in [0.15, 0.2) is 30.5 Å². The van der Waals surface area contributed by atoms with E-state index in [1.165, 1.54) is 0 Å². The van der Waals surface area contributed by atoms with Gasteiger partial charge in [-0.15, -0.1) is 0 Å². The van der Waals surface area contributed by atoms with E-state index in [4.69, 9.17) is 16.7 Å². The van der Waals surface area contributed by atoms with Crippen LogP contribution in [-0.4, -0.2) is 11.1 Å². The Balaban J connectivity index is 2.90. The molecule has 2 aromatic rings. The summed E-state index contributed by atoms with van der Waals surface area (Å²) in [5.74, 6) is -0.986. The maximum absolute atomic E-state index is 11.0. The highest BCUT2D eigenvalue weighted by Crippen LogP contribution is 2.19. The lowest BCUT2D eigenvalue weighted by atomic mass is 10.1. The largest absolute Gasteiger partial charge is 0.477 e. The zero-order chi connectivity index (χ0) is 10.1. The smallest absolute Gasteiger partial charge is 0.342 e. The number of nitrogens with one attached hydrogen (secondary N) is 1. The molecule has 0 saturated heterocycles. The standard InChI is InChI=1S/C10H6ClNO2/c11-7-3-4-8-6(2-1-5-12-8)9(7)10(13)14/h1-5,11H/p+2. The summed E-state index contributed by atoms with van der Waals surface area (Å²) in [7, 11) is 0. The molecule has 0 aliphatic heterocycles. The highest BCUT2D eigenvalue weighted by molar-refractivity contribution is 6.02. The summed E-state index contributed by atoms with van der Waals surface area (Å²) in [6, 6.07) is 6.90. The number of pyridine rings is 1. The summed E-state index contributed by atoms with van der Waals surface area (Å²) in [5, 5.41) is 9.99. The zero-order valence-corrected chi connectivity index (χ0v) is 7.97. The fourth-order valence-corrected chi connectivity index (χ4v) is 1.67. The monoisotopic (exact) mass is 209 g/mol. The summed E-state index contributed by atoms with van der Waals surface area (Å²) in [5.41, 5.74) is 0.966. The molecule has 0 radical (unpaired) electrons. The van der Waals surface area contributed by atoms with E-state index >= 15 is 0 Å². The van der Waals surface area contributed by atoms with Gasteiger partial charge in [-0.2, -0.15) is 0 Å². The number of carboxylic acid groups (broad SMARTS) is 1. The highest BCUT2D eigenvalue weighted by Gasteiger charge is 2.20. The predicted molar refractivity (Wildman–Crippen MR) is 48.0 cm³/mol. The van der Waals surface area contributed by atoms with Crippen molar-refractivity contribution in [2.24, 2.45) is 0 Å². The Labute approximate surface area is 85.0 Å². The molecule has 3 nitrogen and oxygen atoms in total. The van der Waals surface area contributed by atoms with Crippen LogP contribution in [0.3, 0.4) is 0 Å². The molecule has 0 bridgehead atoms. The van der Waals surface area contributed by atoms with E-state index in [1.807, 2.05) is 0 Å². The number of benzene rings is 1. The third-order valence-electron chi connectivity index (χ3n) is 2.02. The molecule has 0 amide bonds. The van der Waals surface area contributed by atoms with Crippen LogP contribution in [0, 0.1) is 11.6 Å². The molecule has 2 N–H and O–H groups in total. The van der Waals surface area contributed by atoms with E-state index in [0.29, 0.717) is 10.4 Å². The molecule has 1 heterocycles. The molecule has 0 unspecified atom stereocenters. The van der Waals surface area contributed by atoms with Gasteiger partial charge in [-0.3, -0.25) is 0 Å². The molecule has 4 heteroatoms. The average Bonchev–Trinajstić information content (AvgIpc) is 2.17. The number of aromatic nitrogens is 1. The number of hydrogen-bond donors (Lipinski definition) is 1. The number of H-pyrrole nitrogens is 1. The van der Waals surface area contributed by atoms with Crippen molar-refractivity contribution >= 4 is 16.9 Å². The van der Waals surface area contributed by atoms with Gasteiger partial charge in [0.1, 0.15) is 5.56 Å². The summed E-state index contributed by atoms with van der Waals surface area (Å²) < 4.78 is 0. The van der Waals surface area contributed by atoms with Crippen molar-refractivity contribution < 1.29 is 26.5 Å².